The molecular formula is C17H22N4O2. The lowest BCUT2D eigenvalue weighted by Gasteiger charge is -2.17. The van der Waals surface area contributed by atoms with Crippen LogP contribution < -0.4 is 10.6 Å². The predicted octanol–water partition coefficient (Wildman–Crippen LogP) is 2.00. The molecule has 2 atom stereocenters. The van der Waals surface area contributed by atoms with Crippen molar-refractivity contribution in [2.75, 3.05) is 6.54 Å². The second kappa shape index (κ2) is 6.83. The van der Waals surface area contributed by atoms with Crippen molar-refractivity contribution in [1.82, 2.24) is 20.4 Å². The first-order valence-electron chi connectivity index (χ1n) is 7.96. The van der Waals surface area contributed by atoms with Gasteiger partial charge >= 0.3 is 6.03 Å². The van der Waals surface area contributed by atoms with E-state index < -0.39 is 6.10 Å². The molecule has 0 spiro atoms. The largest absolute Gasteiger partial charge is 0.391 e. The highest BCUT2D eigenvalue weighted by Gasteiger charge is 2.29. The van der Waals surface area contributed by atoms with Crippen molar-refractivity contribution in [3.8, 4) is 5.69 Å². The molecule has 1 aliphatic rings. The van der Waals surface area contributed by atoms with E-state index in [1.807, 2.05) is 43.5 Å². The Morgan fingerprint density at radius 3 is 2.96 bits per heavy atom. The van der Waals surface area contributed by atoms with Gasteiger partial charge in [0.05, 0.1) is 17.8 Å². The highest BCUT2D eigenvalue weighted by molar-refractivity contribution is 5.74. The van der Waals surface area contributed by atoms with E-state index in [0.29, 0.717) is 12.5 Å². The minimum Gasteiger partial charge on any atom is -0.391 e. The van der Waals surface area contributed by atoms with Gasteiger partial charge in [0.15, 0.2) is 0 Å². The van der Waals surface area contributed by atoms with Crippen LogP contribution in [0.4, 0.5) is 4.79 Å². The molecule has 0 radical (unpaired) electrons. The molecule has 0 saturated heterocycles. The molecule has 0 unspecified atom stereocenters. The Bertz CT molecular complexity index is 652. The van der Waals surface area contributed by atoms with E-state index >= 15 is 0 Å². The fourth-order valence-electron chi connectivity index (χ4n) is 2.53. The molecule has 0 aliphatic heterocycles. The highest BCUT2D eigenvalue weighted by Crippen LogP contribution is 2.32. The number of carbonyl (C=O) groups excluding carboxylic acids is 1. The van der Waals surface area contributed by atoms with Gasteiger partial charge in [0.25, 0.3) is 0 Å². The second-order valence-electron chi connectivity index (χ2n) is 6.03. The van der Waals surface area contributed by atoms with Crippen molar-refractivity contribution in [2.45, 2.75) is 31.9 Å². The molecule has 1 aromatic heterocycles. The summed E-state index contributed by atoms with van der Waals surface area (Å²) in [4.78, 5) is 11.9. The van der Waals surface area contributed by atoms with Crippen LogP contribution >= 0.6 is 0 Å². The summed E-state index contributed by atoms with van der Waals surface area (Å²) in [5, 5.41) is 19.6. The Kier molecular flexibility index (Phi) is 4.62. The summed E-state index contributed by atoms with van der Waals surface area (Å²) in [7, 11) is 0. The molecule has 1 aromatic carbocycles. The van der Waals surface area contributed by atoms with E-state index in [4.69, 9.17) is 0 Å². The maximum absolute atomic E-state index is 11.9. The number of hydrogen-bond acceptors (Lipinski definition) is 3. The third-order valence-corrected chi connectivity index (χ3v) is 4.12. The molecule has 2 aromatic rings. The number of aromatic nitrogens is 2. The Balaban J connectivity index is 1.56. The van der Waals surface area contributed by atoms with E-state index in [-0.39, 0.29) is 12.1 Å². The number of carbonyl (C=O) groups is 1. The van der Waals surface area contributed by atoms with Crippen molar-refractivity contribution >= 4 is 6.03 Å². The van der Waals surface area contributed by atoms with Gasteiger partial charge in [0.1, 0.15) is 0 Å². The zero-order valence-electron chi connectivity index (χ0n) is 13.1. The monoisotopic (exact) mass is 314 g/mol. The summed E-state index contributed by atoms with van der Waals surface area (Å²) in [6.07, 6.45) is 5.29. The fourth-order valence-corrected chi connectivity index (χ4v) is 2.53. The maximum atomic E-state index is 11.9. The first-order chi connectivity index (χ1) is 11.1. The topological polar surface area (TPSA) is 79.2 Å². The van der Waals surface area contributed by atoms with Gasteiger partial charge in [-0.15, -0.1) is 0 Å². The van der Waals surface area contributed by atoms with E-state index in [2.05, 4.69) is 15.7 Å². The van der Waals surface area contributed by atoms with Crippen LogP contribution in [-0.4, -0.2) is 33.6 Å². The molecule has 6 nitrogen and oxygen atoms in total. The van der Waals surface area contributed by atoms with Crippen LogP contribution in [0.2, 0.25) is 0 Å². The highest BCUT2D eigenvalue weighted by atomic mass is 16.3. The average Bonchev–Trinajstić information content (AvgIpc) is 3.27. The molecule has 122 valence electrons. The molecular weight excluding hydrogens is 292 g/mol. The summed E-state index contributed by atoms with van der Waals surface area (Å²) in [6, 6.07) is 9.35. The van der Waals surface area contributed by atoms with Gasteiger partial charge in [-0.05, 0) is 49.4 Å². The van der Waals surface area contributed by atoms with Crippen LogP contribution in [0.1, 0.15) is 31.4 Å². The standard InChI is InChI=1S/C17H22N4O2/c1-12(20-17(23)18-11-16(22)13-6-7-13)14-4-2-5-15(10-14)21-9-3-8-19-21/h2-5,8-10,12-13,16,22H,6-7,11H2,1H3,(H2,18,20,23)/t12-,16-/m0/s1. The number of benzene rings is 1. The maximum Gasteiger partial charge on any atom is 0.315 e. The van der Waals surface area contributed by atoms with Crippen LogP contribution in [0.15, 0.2) is 42.7 Å². The minimum absolute atomic E-state index is 0.136. The lowest BCUT2D eigenvalue weighted by atomic mass is 10.1. The van der Waals surface area contributed by atoms with Gasteiger partial charge in [0, 0.05) is 18.9 Å². The van der Waals surface area contributed by atoms with Crippen LogP contribution in [-0.2, 0) is 0 Å². The van der Waals surface area contributed by atoms with Crippen molar-refractivity contribution < 1.29 is 9.90 Å². The van der Waals surface area contributed by atoms with Crippen molar-refractivity contribution in [2.24, 2.45) is 5.92 Å². The Morgan fingerprint density at radius 2 is 2.26 bits per heavy atom. The minimum atomic E-state index is -0.431. The van der Waals surface area contributed by atoms with Crippen molar-refractivity contribution in [3.63, 3.8) is 0 Å². The molecule has 6 heteroatoms. The van der Waals surface area contributed by atoms with Gasteiger partial charge in [-0.1, -0.05) is 12.1 Å². The summed E-state index contributed by atoms with van der Waals surface area (Å²) in [6.45, 7) is 2.23. The quantitative estimate of drug-likeness (QED) is 0.763. The molecule has 1 fully saturated rings. The number of aliphatic hydroxyl groups excluding tert-OH is 1. The summed E-state index contributed by atoms with van der Waals surface area (Å²) >= 11 is 0. The average molecular weight is 314 g/mol. The van der Waals surface area contributed by atoms with Crippen molar-refractivity contribution in [3.05, 3.63) is 48.3 Å². The van der Waals surface area contributed by atoms with Crippen molar-refractivity contribution in [1.29, 1.82) is 0 Å². The Morgan fingerprint density at radius 1 is 1.43 bits per heavy atom. The fraction of sp³-hybridized carbons (Fsp3) is 0.412. The summed E-state index contributed by atoms with van der Waals surface area (Å²) in [5.41, 5.74) is 1.95. The SMILES string of the molecule is C[C@H](NC(=O)NC[C@H](O)C1CC1)c1cccc(-n2cccn2)c1. The number of aliphatic hydroxyl groups is 1. The van der Waals surface area contributed by atoms with Crippen LogP contribution in [0, 0.1) is 5.92 Å². The molecule has 3 rings (SSSR count). The molecule has 0 bridgehead atoms. The van der Waals surface area contributed by atoms with E-state index in [0.717, 1.165) is 24.1 Å². The van der Waals surface area contributed by atoms with Gasteiger partial charge in [0.2, 0.25) is 0 Å². The van der Waals surface area contributed by atoms with E-state index in [9.17, 15) is 9.90 Å². The number of rotatable bonds is 6. The van der Waals surface area contributed by atoms with E-state index in [1.165, 1.54) is 0 Å². The molecule has 2 amide bonds. The van der Waals surface area contributed by atoms with Gasteiger partial charge in [-0.3, -0.25) is 0 Å². The number of hydrogen-bond donors (Lipinski definition) is 3. The zero-order valence-corrected chi connectivity index (χ0v) is 13.1. The summed E-state index contributed by atoms with van der Waals surface area (Å²) in [5.74, 6) is 0.360. The second-order valence-corrected chi connectivity index (χ2v) is 6.03. The Labute approximate surface area is 135 Å². The smallest absolute Gasteiger partial charge is 0.315 e. The number of amides is 2. The number of nitrogens with zero attached hydrogens (tertiary/aromatic N) is 2. The predicted molar refractivity (Wildman–Crippen MR) is 87.2 cm³/mol. The first-order valence-corrected chi connectivity index (χ1v) is 7.96. The van der Waals surface area contributed by atoms with Crippen LogP contribution in [0.3, 0.4) is 0 Å². The third kappa shape index (κ3) is 4.10. The molecule has 23 heavy (non-hydrogen) atoms. The lowest BCUT2D eigenvalue weighted by molar-refractivity contribution is 0.149. The normalized spacial score (nSPS) is 16.6. The molecule has 3 N–H and O–H groups in total. The molecule has 1 saturated carbocycles. The van der Waals surface area contributed by atoms with E-state index in [1.54, 1.807) is 10.9 Å². The van der Waals surface area contributed by atoms with Gasteiger partial charge in [-0.25, -0.2) is 9.48 Å². The molecule has 1 heterocycles. The van der Waals surface area contributed by atoms with Crippen LogP contribution in [0.25, 0.3) is 5.69 Å². The van der Waals surface area contributed by atoms with Gasteiger partial charge < -0.3 is 15.7 Å². The zero-order chi connectivity index (χ0) is 16.2. The summed E-state index contributed by atoms with van der Waals surface area (Å²) < 4.78 is 1.78. The number of urea groups is 1. The molecule has 1 aliphatic carbocycles. The lowest BCUT2D eigenvalue weighted by Crippen LogP contribution is -2.41. The first kappa shape index (κ1) is 15.6. The Hall–Kier alpha value is -2.34. The van der Waals surface area contributed by atoms with Crippen LogP contribution in [0.5, 0.6) is 0 Å². The number of nitrogens with one attached hydrogen (secondary N) is 2. The third-order valence-electron chi connectivity index (χ3n) is 4.12. The van der Waals surface area contributed by atoms with Gasteiger partial charge in [-0.2, -0.15) is 5.10 Å².